The number of rotatable bonds is 3. The first-order valence-electron chi connectivity index (χ1n) is 4.94. The SMILES string of the molecule is COC1(c2nc(C)c(CN)s2)CCC1. The van der Waals surface area contributed by atoms with Crippen LogP contribution in [0.3, 0.4) is 0 Å². The van der Waals surface area contributed by atoms with Crippen molar-refractivity contribution in [2.75, 3.05) is 7.11 Å². The predicted molar refractivity (Wildman–Crippen MR) is 57.3 cm³/mol. The summed E-state index contributed by atoms with van der Waals surface area (Å²) in [5, 5.41) is 1.12. The molecule has 2 N–H and O–H groups in total. The third kappa shape index (κ3) is 1.38. The van der Waals surface area contributed by atoms with Crippen molar-refractivity contribution in [1.82, 2.24) is 4.98 Å². The molecular weight excluding hydrogens is 196 g/mol. The van der Waals surface area contributed by atoms with E-state index in [9.17, 15) is 0 Å². The molecule has 4 heteroatoms. The average molecular weight is 212 g/mol. The van der Waals surface area contributed by atoms with Crippen LogP contribution in [0.2, 0.25) is 0 Å². The van der Waals surface area contributed by atoms with Crippen molar-refractivity contribution in [3.05, 3.63) is 15.6 Å². The largest absolute Gasteiger partial charge is 0.371 e. The molecule has 1 aliphatic carbocycles. The molecular formula is C10H16N2OS. The van der Waals surface area contributed by atoms with E-state index in [-0.39, 0.29) is 5.60 Å². The van der Waals surface area contributed by atoms with Gasteiger partial charge < -0.3 is 10.5 Å². The standard InChI is InChI=1S/C10H16N2OS/c1-7-8(6-11)14-9(12-7)10(13-2)4-3-5-10/h3-6,11H2,1-2H3. The Kier molecular flexibility index (Phi) is 2.60. The summed E-state index contributed by atoms with van der Waals surface area (Å²) < 4.78 is 5.58. The average Bonchev–Trinajstić information content (AvgIpc) is 2.46. The number of aryl methyl sites for hydroxylation is 1. The van der Waals surface area contributed by atoms with E-state index in [0.717, 1.165) is 23.5 Å². The second kappa shape index (κ2) is 3.61. The zero-order valence-electron chi connectivity index (χ0n) is 8.67. The molecule has 0 amide bonds. The van der Waals surface area contributed by atoms with Gasteiger partial charge >= 0.3 is 0 Å². The van der Waals surface area contributed by atoms with Crippen LogP contribution in [0, 0.1) is 6.92 Å². The summed E-state index contributed by atoms with van der Waals surface area (Å²) in [6.07, 6.45) is 3.44. The molecule has 1 aromatic heterocycles. The van der Waals surface area contributed by atoms with Crippen LogP contribution < -0.4 is 5.73 Å². The molecule has 1 aromatic rings. The van der Waals surface area contributed by atoms with Gasteiger partial charge in [0.25, 0.3) is 0 Å². The van der Waals surface area contributed by atoms with Gasteiger partial charge in [-0.25, -0.2) is 4.98 Å². The molecule has 0 spiro atoms. The summed E-state index contributed by atoms with van der Waals surface area (Å²) in [6.45, 7) is 2.60. The molecule has 1 aliphatic rings. The Morgan fingerprint density at radius 1 is 1.57 bits per heavy atom. The van der Waals surface area contributed by atoms with Gasteiger partial charge in [0.2, 0.25) is 0 Å². The fourth-order valence-corrected chi connectivity index (χ4v) is 2.98. The smallest absolute Gasteiger partial charge is 0.125 e. The summed E-state index contributed by atoms with van der Waals surface area (Å²) in [7, 11) is 1.78. The van der Waals surface area contributed by atoms with Crippen molar-refractivity contribution in [2.45, 2.75) is 38.3 Å². The van der Waals surface area contributed by atoms with E-state index in [1.165, 1.54) is 11.3 Å². The summed E-state index contributed by atoms with van der Waals surface area (Å²) >= 11 is 1.71. The summed E-state index contributed by atoms with van der Waals surface area (Å²) in [4.78, 5) is 5.74. The van der Waals surface area contributed by atoms with Crippen molar-refractivity contribution in [3.63, 3.8) is 0 Å². The number of ether oxygens (including phenoxy) is 1. The fraction of sp³-hybridized carbons (Fsp3) is 0.700. The number of nitrogens with two attached hydrogens (primary N) is 1. The topological polar surface area (TPSA) is 48.1 Å². The van der Waals surface area contributed by atoms with Crippen LogP contribution in [-0.4, -0.2) is 12.1 Å². The van der Waals surface area contributed by atoms with E-state index in [4.69, 9.17) is 10.5 Å². The lowest BCUT2D eigenvalue weighted by Gasteiger charge is -2.38. The minimum Gasteiger partial charge on any atom is -0.371 e. The van der Waals surface area contributed by atoms with Crippen molar-refractivity contribution in [1.29, 1.82) is 0 Å². The van der Waals surface area contributed by atoms with Gasteiger partial charge in [0.1, 0.15) is 10.6 Å². The van der Waals surface area contributed by atoms with Gasteiger partial charge in [-0.1, -0.05) is 0 Å². The highest BCUT2D eigenvalue weighted by Crippen LogP contribution is 2.46. The maximum absolute atomic E-state index is 5.64. The zero-order valence-corrected chi connectivity index (χ0v) is 9.49. The van der Waals surface area contributed by atoms with E-state index in [0.29, 0.717) is 6.54 Å². The van der Waals surface area contributed by atoms with E-state index in [1.54, 1.807) is 18.4 Å². The van der Waals surface area contributed by atoms with Crippen molar-refractivity contribution in [2.24, 2.45) is 5.73 Å². The number of hydrogen-bond donors (Lipinski definition) is 1. The monoisotopic (exact) mass is 212 g/mol. The maximum atomic E-state index is 5.64. The Hall–Kier alpha value is -0.450. The third-order valence-corrected chi connectivity index (χ3v) is 4.38. The highest BCUT2D eigenvalue weighted by molar-refractivity contribution is 7.11. The Morgan fingerprint density at radius 2 is 2.29 bits per heavy atom. The Bertz CT molecular complexity index is 325. The van der Waals surface area contributed by atoms with E-state index in [1.807, 2.05) is 6.92 Å². The van der Waals surface area contributed by atoms with Gasteiger partial charge in [-0.15, -0.1) is 11.3 Å². The highest BCUT2D eigenvalue weighted by atomic mass is 32.1. The molecule has 78 valence electrons. The quantitative estimate of drug-likeness (QED) is 0.833. The summed E-state index contributed by atoms with van der Waals surface area (Å²) in [5.74, 6) is 0. The van der Waals surface area contributed by atoms with Gasteiger partial charge in [-0.05, 0) is 26.2 Å². The second-order valence-corrected chi connectivity index (χ2v) is 4.87. The highest BCUT2D eigenvalue weighted by Gasteiger charge is 2.41. The number of nitrogens with zero attached hydrogens (tertiary/aromatic N) is 1. The Morgan fingerprint density at radius 3 is 2.64 bits per heavy atom. The molecule has 1 saturated carbocycles. The van der Waals surface area contributed by atoms with Crippen LogP contribution in [0.1, 0.15) is 34.8 Å². The minimum atomic E-state index is -0.0805. The summed E-state index contributed by atoms with van der Waals surface area (Å²) in [5.41, 5.74) is 6.62. The van der Waals surface area contributed by atoms with Crippen LogP contribution in [0.4, 0.5) is 0 Å². The molecule has 0 aromatic carbocycles. The molecule has 2 rings (SSSR count). The molecule has 1 heterocycles. The molecule has 0 radical (unpaired) electrons. The number of thiazole rings is 1. The predicted octanol–water partition coefficient (Wildman–Crippen LogP) is 1.94. The molecule has 0 atom stereocenters. The van der Waals surface area contributed by atoms with Gasteiger partial charge in [-0.3, -0.25) is 0 Å². The first-order valence-corrected chi connectivity index (χ1v) is 5.75. The molecule has 0 aliphatic heterocycles. The second-order valence-electron chi connectivity index (χ2n) is 3.78. The zero-order chi connectivity index (χ0) is 10.2. The van der Waals surface area contributed by atoms with Crippen LogP contribution >= 0.6 is 11.3 Å². The third-order valence-electron chi connectivity index (χ3n) is 3.02. The van der Waals surface area contributed by atoms with Crippen molar-refractivity contribution < 1.29 is 4.74 Å². The molecule has 3 nitrogen and oxygen atoms in total. The van der Waals surface area contributed by atoms with Crippen LogP contribution in [0.15, 0.2) is 0 Å². The molecule has 1 fully saturated rings. The minimum absolute atomic E-state index is 0.0805. The molecule has 14 heavy (non-hydrogen) atoms. The lowest BCUT2D eigenvalue weighted by atomic mass is 9.80. The first-order chi connectivity index (χ1) is 6.72. The molecule has 0 unspecified atom stereocenters. The number of hydrogen-bond acceptors (Lipinski definition) is 4. The van der Waals surface area contributed by atoms with Crippen LogP contribution in [0.5, 0.6) is 0 Å². The van der Waals surface area contributed by atoms with Gasteiger partial charge in [0.05, 0.1) is 5.69 Å². The normalized spacial score (nSPS) is 19.4. The van der Waals surface area contributed by atoms with Crippen LogP contribution in [-0.2, 0) is 16.9 Å². The van der Waals surface area contributed by atoms with Crippen molar-refractivity contribution >= 4 is 11.3 Å². The number of methoxy groups -OCH3 is 1. The van der Waals surface area contributed by atoms with E-state index >= 15 is 0 Å². The van der Waals surface area contributed by atoms with Crippen LogP contribution in [0.25, 0.3) is 0 Å². The Labute approximate surface area is 88.3 Å². The molecule has 0 bridgehead atoms. The van der Waals surface area contributed by atoms with Gasteiger partial charge in [0, 0.05) is 18.5 Å². The lowest BCUT2D eigenvalue weighted by Crippen LogP contribution is -2.35. The van der Waals surface area contributed by atoms with Crippen molar-refractivity contribution in [3.8, 4) is 0 Å². The van der Waals surface area contributed by atoms with Gasteiger partial charge in [0.15, 0.2) is 0 Å². The van der Waals surface area contributed by atoms with Gasteiger partial charge in [-0.2, -0.15) is 0 Å². The fourth-order valence-electron chi connectivity index (χ4n) is 1.82. The van der Waals surface area contributed by atoms with E-state index in [2.05, 4.69) is 4.98 Å². The summed E-state index contributed by atoms with van der Waals surface area (Å²) in [6, 6.07) is 0. The first kappa shape index (κ1) is 10.1. The lowest BCUT2D eigenvalue weighted by molar-refractivity contribution is -0.0780. The Balaban J connectivity index is 2.31. The van der Waals surface area contributed by atoms with E-state index < -0.39 is 0 Å². The number of aromatic nitrogens is 1. The maximum Gasteiger partial charge on any atom is 0.125 e. The molecule has 0 saturated heterocycles.